The van der Waals surface area contributed by atoms with Crippen LogP contribution in [-0.2, 0) is 0 Å². The number of aromatic nitrogens is 2. The fourth-order valence-corrected chi connectivity index (χ4v) is 2.14. The molecule has 6 nitrogen and oxygen atoms in total. The quantitative estimate of drug-likeness (QED) is 0.905. The molecule has 126 valence electrons. The summed E-state index contributed by atoms with van der Waals surface area (Å²) in [7, 11) is 0. The van der Waals surface area contributed by atoms with Gasteiger partial charge in [0.2, 0.25) is 0 Å². The number of rotatable bonds is 4. The molecule has 1 aromatic carbocycles. The lowest BCUT2D eigenvalue weighted by molar-refractivity contribution is 0.0923. The number of carbonyl (C=O) groups excluding carboxylic acids is 2. The Labute approximate surface area is 141 Å². The molecule has 0 atom stereocenters. The van der Waals surface area contributed by atoms with E-state index < -0.39 is 11.8 Å². The summed E-state index contributed by atoms with van der Waals surface area (Å²) >= 11 is 0. The highest BCUT2D eigenvalue weighted by molar-refractivity contribution is 6.10. The lowest BCUT2D eigenvalue weighted by atomic mass is 10.2. The minimum atomic E-state index is -0.450. The lowest BCUT2D eigenvalue weighted by Crippen LogP contribution is -2.33. The molecular formula is C18H22N4O2. The van der Waals surface area contributed by atoms with Gasteiger partial charge in [-0.2, -0.15) is 0 Å². The Morgan fingerprint density at radius 1 is 0.917 bits per heavy atom. The standard InChI is InChI=1S/C18H22N4O2/c1-10(2)19-17(23)15-16(21-13(5)12(4)20-15)18(24)22-14-9-7-6-8-11(14)3/h6-10H,1-5H3,(H,19,23)(H,22,24). The third-order valence-electron chi connectivity index (χ3n) is 3.55. The molecule has 0 saturated carbocycles. The number of hydrogen-bond donors (Lipinski definition) is 2. The number of aryl methyl sites for hydroxylation is 3. The maximum absolute atomic E-state index is 12.6. The van der Waals surface area contributed by atoms with E-state index in [1.807, 2.05) is 39.0 Å². The molecule has 0 aliphatic heterocycles. The van der Waals surface area contributed by atoms with Crippen LogP contribution in [0.15, 0.2) is 24.3 Å². The minimum absolute atomic E-state index is 0.0273. The topological polar surface area (TPSA) is 84.0 Å². The molecule has 1 aromatic heterocycles. The van der Waals surface area contributed by atoms with Crippen LogP contribution in [0.2, 0.25) is 0 Å². The molecule has 0 spiro atoms. The molecule has 1 heterocycles. The van der Waals surface area contributed by atoms with Gasteiger partial charge in [-0.15, -0.1) is 0 Å². The SMILES string of the molecule is Cc1ccccc1NC(=O)c1nc(C)c(C)nc1C(=O)NC(C)C. The molecule has 0 bridgehead atoms. The average molecular weight is 326 g/mol. The fraction of sp³-hybridized carbons (Fsp3) is 0.333. The van der Waals surface area contributed by atoms with Crippen LogP contribution in [0.3, 0.4) is 0 Å². The average Bonchev–Trinajstić information content (AvgIpc) is 2.51. The zero-order valence-corrected chi connectivity index (χ0v) is 14.6. The van der Waals surface area contributed by atoms with Gasteiger partial charge >= 0.3 is 0 Å². The smallest absolute Gasteiger partial charge is 0.276 e. The van der Waals surface area contributed by atoms with E-state index in [0.29, 0.717) is 17.1 Å². The molecule has 0 radical (unpaired) electrons. The van der Waals surface area contributed by atoms with Gasteiger partial charge < -0.3 is 10.6 Å². The van der Waals surface area contributed by atoms with Crippen molar-refractivity contribution < 1.29 is 9.59 Å². The van der Waals surface area contributed by atoms with E-state index in [9.17, 15) is 9.59 Å². The third-order valence-corrected chi connectivity index (χ3v) is 3.55. The van der Waals surface area contributed by atoms with Gasteiger partial charge in [-0.25, -0.2) is 9.97 Å². The zero-order valence-electron chi connectivity index (χ0n) is 14.6. The highest BCUT2D eigenvalue weighted by Gasteiger charge is 2.23. The second-order valence-corrected chi connectivity index (χ2v) is 5.99. The second kappa shape index (κ2) is 7.21. The van der Waals surface area contributed by atoms with Gasteiger partial charge in [0, 0.05) is 11.7 Å². The lowest BCUT2D eigenvalue weighted by Gasteiger charge is -2.13. The van der Waals surface area contributed by atoms with E-state index in [4.69, 9.17) is 0 Å². The normalized spacial score (nSPS) is 10.6. The first kappa shape index (κ1) is 17.6. The van der Waals surface area contributed by atoms with Crippen molar-refractivity contribution in [3.8, 4) is 0 Å². The van der Waals surface area contributed by atoms with Crippen molar-refractivity contribution in [1.29, 1.82) is 0 Å². The molecule has 24 heavy (non-hydrogen) atoms. The second-order valence-electron chi connectivity index (χ2n) is 5.99. The van der Waals surface area contributed by atoms with Gasteiger partial charge in [0.1, 0.15) is 0 Å². The predicted molar refractivity (Wildman–Crippen MR) is 93.2 cm³/mol. The summed E-state index contributed by atoms with van der Waals surface area (Å²) in [6.07, 6.45) is 0. The molecular weight excluding hydrogens is 304 g/mol. The molecule has 0 aliphatic rings. The number of nitrogens with zero attached hydrogens (tertiary/aromatic N) is 2. The van der Waals surface area contributed by atoms with Crippen molar-refractivity contribution >= 4 is 17.5 Å². The summed E-state index contributed by atoms with van der Waals surface area (Å²) in [6, 6.07) is 7.36. The van der Waals surface area contributed by atoms with Gasteiger partial charge in [0.05, 0.1) is 11.4 Å². The molecule has 0 saturated heterocycles. The Hall–Kier alpha value is -2.76. The van der Waals surface area contributed by atoms with Crippen LogP contribution in [0.5, 0.6) is 0 Å². The molecule has 6 heteroatoms. The summed E-state index contributed by atoms with van der Waals surface area (Å²) in [4.78, 5) is 33.6. The van der Waals surface area contributed by atoms with Crippen LogP contribution in [0, 0.1) is 20.8 Å². The van der Waals surface area contributed by atoms with Crippen molar-refractivity contribution in [2.45, 2.75) is 40.7 Å². The number of para-hydroxylation sites is 1. The van der Waals surface area contributed by atoms with Gasteiger partial charge in [-0.1, -0.05) is 18.2 Å². The summed E-state index contributed by atoms with van der Waals surface area (Å²) in [5, 5.41) is 5.56. The highest BCUT2D eigenvalue weighted by Crippen LogP contribution is 2.16. The van der Waals surface area contributed by atoms with Crippen molar-refractivity contribution in [3.05, 3.63) is 52.6 Å². The number of anilines is 1. The number of amides is 2. The van der Waals surface area contributed by atoms with Crippen molar-refractivity contribution in [3.63, 3.8) is 0 Å². The maximum Gasteiger partial charge on any atom is 0.276 e. The molecule has 2 N–H and O–H groups in total. The van der Waals surface area contributed by atoms with E-state index in [-0.39, 0.29) is 17.4 Å². The minimum Gasteiger partial charge on any atom is -0.348 e. The molecule has 2 aromatic rings. The number of nitrogens with one attached hydrogen (secondary N) is 2. The molecule has 2 amide bonds. The van der Waals surface area contributed by atoms with Gasteiger partial charge in [-0.05, 0) is 46.2 Å². The Morgan fingerprint density at radius 2 is 1.46 bits per heavy atom. The first-order chi connectivity index (χ1) is 11.3. The summed E-state index contributed by atoms with van der Waals surface area (Å²) < 4.78 is 0. The molecule has 0 unspecified atom stereocenters. The first-order valence-corrected chi connectivity index (χ1v) is 7.82. The number of hydrogen-bond acceptors (Lipinski definition) is 4. The van der Waals surface area contributed by atoms with Crippen LogP contribution in [-0.4, -0.2) is 27.8 Å². The Bertz CT molecular complexity index is 785. The van der Waals surface area contributed by atoms with Gasteiger partial charge in [0.25, 0.3) is 11.8 Å². The van der Waals surface area contributed by atoms with Crippen LogP contribution >= 0.6 is 0 Å². The van der Waals surface area contributed by atoms with Crippen molar-refractivity contribution in [1.82, 2.24) is 15.3 Å². The highest BCUT2D eigenvalue weighted by atomic mass is 16.2. The van der Waals surface area contributed by atoms with E-state index in [0.717, 1.165) is 5.56 Å². The summed E-state index contributed by atoms with van der Waals surface area (Å²) in [5.74, 6) is -0.857. The Kier molecular flexibility index (Phi) is 5.28. The molecule has 2 rings (SSSR count). The predicted octanol–water partition coefficient (Wildman–Crippen LogP) is 2.79. The molecule has 0 aliphatic carbocycles. The maximum atomic E-state index is 12.6. The fourth-order valence-electron chi connectivity index (χ4n) is 2.14. The van der Waals surface area contributed by atoms with Crippen molar-refractivity contribution in [2.24, 2.45) is 0 Å². The summed E-state index contributed by atoms with van der Waals surface area (Å²) in [6.45, 7) is 9.11. The summed E-state index contributed by atoms with van der Waals surface area (Å²) in [5.41, 5.74) is 2.91. The number of carbonyl (C=O) groups is 2. The van der Waals surface area contributed by atoms with E-state index in [1.54, 1.807) is 19.9 Å². The zero-order chi connectivity index (χ0) is 17.9. The Morgan fingerprint density at radius 3 is 2.00 bits per heavy atom. The Balaban J connectivity index is 2.41. The monoisotopic (exact) mass is 326 g/mol. The van der Waals surface area contributed by atoms with E-state index >= 15 is 0 Å². The van der Waals surface area contributed by atoms with E-state index in [2.05, 4.69) is 20.6 Å². The van der Waals surface area contributed by atoms with Crippen molar-refractivity contribution in [2.75, 3.05) is 5.32 Å². The largest absolute Gasteiger partial charge is 0.348 e. The van der Waals surface area contributed by atoms with Crippen LogP contribution in [0.25, 0.3) is 0 Å². The molecule has 0 fully saturated rings. The van der Waals surface area contributed by atoms with Gasteiger partial charge in [0.15, 0.2) is 11.4 Å². The van der Waals surface area contributed by atoms with Crippen LogP contribution < -0.4 is 10.6 Å². The van der Waals surface area contributed by atoms with E-state index in [1.165, 1.54) is 0 Å². The van der Waals surface area contributed by atoms with Crippen LogP contribution in [0.1, 0.15) is 51.8 Å². The first-order valence-electron chi connectivity index (χ1n) is 7.82. The van der Waals surface area contributed by atoms with Crippen LogP contribution in [0.4, 0.5) is 5.69 Å². The third kappa shape index (κ3) is 3.95. The van der Waals surface area contributed by atoms with Gasteiger partial charge in [-0.3, -0.25) is 9.59 Å². The number of benzene rings is 1.